The van der Waals surface area contributed by atoms with Crippen LogP contribution in [0, 0.1) is 11.6 Å². The zero-order chi connectivity index (χ0) is 15.5. The van der Waals surface area contributed by atoms with Gasteiger partial charge in [0.2, 0.25) is 0 Å². The fraction of sp³-hybridized carbons (Fsp3) is 0.333. The van der Waals surface area contributed by atoms with Crippen LogP contribution in [-0.2, 0) is 11.3 Å². The van der Waals surface area contributed by atoms with Crippen LogP contribution in [0.2, 0.25) is 0 Å². The molecule has 22 heavy (non-hydrogen) atoms. The molecule has 1 aromatic heterocycles. The first-order chi connectivity index (χ1) is 10.7. The van der Waals surface area contributed by atoms with E-state index in [1.807, 2.05) is 4.90 Å². The summed E-state index contributed by atoms with van der Waals surface area (Å²) in [6, 6.07) is 4.69. The largest absolute Gasteiger partial charge is 0.379 e. The molecule has 2 aromatic rings. The first kappa shape index (κ1) is 14.8. The summed E-state index contributed by atoms with van der Waals surface area (Å²) in [5.41, 5.74) is -0.897. The molecule has 0 atom stereocenters. The van der Waals surface area contributed by atoms with E-state index >= 15 is 0 Å². The highest BCUT2D eigenvalue weighted by Crippen LogP contribution is 2.17. The van der Waals surface area contributed by atoms with Gasteiger partial charge >= 0.3 is 0 Å². The minimum atomic E-state index is -0.793. The highest BCUT2D eigenvalue weighted by Gasteiger charge is 2.19. The second-order valence-corrected chi connectivity index (χ2v) is 4.99. The Hall–Kier alpha value is -2.12. The van der Waals surface area contributed by atoms with Crippen molar-refractivity contribution in [2.75, 3.05) is 26.3 Å². The lowest BCUT2D eigenvalue weighted by atomic mass is 10.2. The second-order valence-electron chi connectivity index (χ2n) is 4.99. The molecule has 1 aromatic carbocycles. The monoisotopic (exact) mass is 307 g/mol. The average molecular weight is 307 g/mol. The maximum Gasteiger partial charge on any atom is 0.258 e. The van der Waals surface area contributed by atoms with Crippen LogP contribution in [0.5, 0.6) is 0 Å². The Morgan fingerprint density at radius 1 is 1.14 bits per heavy atom. The van der Waals surface area contributed by atoms with Gasteiger partial charge in [0.25, 0.3) is 5.56 Å². The lowest BCUT2D eigenvalue weighted by Crippen LogP contribution is -2.38. The van der Waals surface area contributed by atoms with Gasteiger partial charge in [0, 0.05) is 25.4 Å². The summed E-state index contributed by atoms with van der Waals surface area (Å²) < 4.78 is 34.3. The number of para-hydroxylation sites is 1. The number of rotatable bonds is 3. The standard InChI is InChI=1S/C15H15F2N3O2/c16-11-2-1-3-12(17)15(11)20-13(18-5-4-14(20)21)10-19-6-8-22-9-7-19/h1-5H,6-10H2. The molecular formula is C15H15F2N3O2. The van der Waals surface area contributed by atoms with E-state index in [2.05, 4.69) is 4.98 Å². The molecule has 7 heteroatoms. The molecule has 0 N–H and O–H groups in total. The van der Waals surface area contributed by atoms with E-state index in [1.165, 1.54) is 18.3 Å². The van der Waals surface area contributed by atoms with Crippen molar-refractivity contribution in [2.45, 2.75) is 6.54 Å². The number of benzene rings is 1. The summed E-state index contributed by atoms with van der Waals surface area (Å²) in [6.45, 7) is 2.87. The Bertz CT molecular complexity index is 707. The Balaban J connectivity index is 2.05. The van der Waals surface area contributed by atoms with Gasteiger partial charge in [-0.25, -0.2) is 13.8 Å². The Morgan fingerprint density at radius 2 is 1.82 bits per heavy atom. The Kier molecular flexibility index (Phi) is 4.26. The SMILES string of the molecule is O=c1ccnc(CN2CCOCC2)n1-c1c(F)cccc1F. The van der Waals surface area contributed by atoms with Crippen molar-refractivity contribution in [3.63, 3.8) is 0 Å². The van der Waals surface area contributed by atoms with Crippen molar-refractivity contribution >= 4 is 0 Å². The lowest BCUT2D eigenvalue weighted by molar-refractivity contribution is 0.0327. The fourth-order valence-electron chi connectivity index (χ4n) is 2.46. The van der Waals surface area contributed by atoms with Crippen molar-refractivity contribution in [1.82, 2.24) is 14.5 Å². The predicted molar refractivity (Wildman–Crippen MR) is 75.8 cm³/mol. The number of morpholine rings is 1. The minimum absolute atomic E-state index is 0.304. The number of hydrogen-bond donors (Lipinski definition) is 0. The van der Waals surface area contributed by atoms with Gasteiger partial charge < -0.3 is 4.74 Å². The molecule has 0 radical (unpaired) electrons. The van der Waals surface area contributed by atoms with Gasteiger partial charge in [-0.3, -0.25) is 14.3 Å². The molecule has 0 bridgehead atoms. The molecule has 0 saturated carbocycles. The van der Waals surface area contributed by atoms with Gasteiger partial charge in [0.1, 0.15) is 23.1 Å². The van der Waals surface area contributed by atoms with E-state index in [9.17, 15) is 13.6 Å². The number of hydrogen-bond acceptors (Lipinski definition) is 4. The van der Waals surface area contributed by atoms with E-state index in [-0.39, 0.29) is 5.69 Å². The van der Waals surface area contributed by atoms with Crippen molar-refractivity contribution in [1.29, 1.82) is 0 Å². The third-order valence-electron chi connectivity index (χ3n) is 3.55. The normalized spacial score (nSPS) is 15.9. The van der Waals surface area contributed by atoms with Crippen molar-refractivity contribution in [3.8, 4) is 5.69 Å². The van der Waals surface area contributed by atoms with E-state index in [0.29, 0.717) is 38.7 Å². The van der Waals surface area contributed by atoms with Gasteiger partial charge in [-0.05, 0) is 12.1 Å². The molecule has 0 aliphatic carbocycles. The smallest absolute Gasteiger partial charge is 0.258 e. The lowest BCUT2D eigenvalue weighted by Gasteiger charge is -2.27. The molecule has 5 nitrogen and oxygen atoms in total. The maximum absolute atomic E-state index is 14.0. The first-order valence-electron chi connectivity index (χ1n) is 6.98. The van der Waals surface area contributed by atoms with Crippen LogP contribution >= 0.6 is 0 Å². The Labute approximate surface area is 125 Å². The quantitative estimate of drug-likeness (QED) is 0.859. The second kappa shape index (κ2) is 6.33. The molecule has 1 saturated heterocycles. The average Bonchev–Trinajstić information content (AvgIpc) is 2.50. The van der Waals surface area contributed by atoms with Crippen LogP contribution in [0.15, 0.2) is 35.3 Å². The molecule has 2 heterocycles. The van der Waals surface area contributed by atoms with E-state index in [4.69, 9.17) is 4.74 Å². The molecule has 1 fully saturated rings. The topological polar surface area (TPSA) is 47.4 Å². The molecule has 0 spiro atoms. The van der Waals surface area contributed by atoms with Crippen molar-refractivity contribution < 1.29 is 13.5 Å². The van der Waals surface area contributed by atoms with Gasteiger partial charge in [0.05, 0.1) is 19.8 Å². The highest BCUT2D eigenvalue weighted by molar-refractivity contribution is 5.36. The fourth-order valence-corrected chi connectivity index (χ4v) is 2.46. The van der Waals surface area contributed by atoms with Gasteiger partial charge in [0.15, 0.2) is 0 Å². The van der Waals surface area contributed by atoms with Gasteiger partial charge in [-0.15, -0.1) is 0 Å². The molecule has 3 rings (SSSR count). The van der Waals surface area contributed by atoms with Crippen LogP contribution in [0.4, 0.5) is 8.78 Å². The number of nitrogens with zero attached hydrogens (tertiary/aromatic N) is 3. The van der Waals surface area contributed by atoms with Crippen LogP contribution < -0.4 is 5.56 Å². The molecule has 116 valence electrons. The van der Waals surface area contributed by atoms with Gasteiger partial charge in [-0.1, -0.05) is 6.07 Å². The summed E-state index contributed by atoms with van der Waals surface area (Å²) in [5, 5.41) is 0. The molecule has 1 aliphatic heterocycles. The zero-order valence-electron chi connectivity index (χ0n) is 11.8. The maximum atomic E-state index is 14.0. The van der Waals surface area contributed by atoms with Crippen molar-refractivity contribution in [3.05, 3.63) is 58.3 Å². The zero-order valence-corrected chi connectivity index (χ0v) is 11.8. The number of halogens is 2. The summed E-state index contributed by atoms with van der Waals surface area (Å²) in [5.74, 6) is -1.28. The first-order valence-corrected chi connectivity index (χ1v) is 6.98. The van der Waals surface area contributed by atoms with Crippen LogP contribution in [-0.4, -0.2) is 40.8 Å². The number of ether oxygens (including phenoxy) is 1. The van der Waals surface area contributed by atoms with Crippen molar-refractivity contribution in [2.24, 2.45) is 0 Å². The highest BCUT2D eigenvalue weighted by atomic mass is 19.1. The van der Waals surface area contributed by atoms with E-state index in [0.717, 1.165) is 16.7 Å². The molecule has 0 unspecified atom stereocenters. The third kappa shape index (κ3) is 2.90. The molecule has 0 amide bonds. The van der Waals surface area contributed by atoms with E-state index < -0.39 is 17.2 Å². The van der Waals surface area contributed by atoms with Gasteiger partial charge in [-0.2, -0.15) is 0 Å². The van der Waals surface area contributed by atoms with Crippen LogP contribution in [0.3, 0.4) is 0 Å². The summed E-state index contributed by atoms with van der Waals surface area (Å²) in [4.78, 5) is 18.3. The predicted octanol–water partition coefficient (Wildman–Crippen LogP) is 1.34. The summed E-state index contributed by atoms with van der Waals surface area (Å²) in [7, 11) is 0. The summed E-state index contributed by atoms with van der Waals surface area (Å²) >= 11 is 0. The minimum Gasteiger partial charge on any atom is -0.379 e. The summed E-state index contributed by atoms with van der Waals surface area (Å²) in [6.07, 6.45) is 1.35. The number of aromatic nitrogens is 2. The van der Waals surface area contributed by atoms with Crippen LogP contribution in [0.25, 0.3) is 5.69 Å². The Morgan fingerprint density at radius 3 is 2.50 bits per heavy atom. The van der Waals surface area contributed by atoms with Crippen LogP contribution in [0.1, 0.15) is 5.82 Å². The molecule has 1 aliphatic rings. The molecular weight excluding hydrogens is 292 g/mol. The third-order valence-corrected chi connectivity index (χ3v) is 3.55. The van der Waals surface area contributed by atoms with E-state index in [1.54, 1.807) is 0 Å².